The SMILES string of the molecule is COCCCNC(=O)[C@@H](Cc1ccccc1)N(Cc1ccc(F)cc1)C(=O)CN(Cc1ccccc1)S(C)(=O)=O. The Morgan fingerprint density at radius 2 is 1.45 bits per heavy atom. The predicted molar refractivity (Wildman–Crippen MR) is 152 cm³/mol. The molecule has 0 unspecified atom stereocenters. The first-order chi connectivity index (χ1) is 19.2. The second kappa shape index (κ2) is 15.3. The number of benzene rings is 3. The Morgan fingerprint density at radius 1 is 0.875 bits per heavy atom. The van der Waals surface area contributed by atoms with Crippen LogP contribution in [0.4, 0.5) is 4.39 Å². The topological polar surface area (TPSA) is 96.0 Å². The van der Waals surface area contributed by atoms with E-state index < -0.39 is 34.3 Å². The largest absolute Gasteiger partial charge is 0.385 e. The van der Waals surface area contributed by atoms with Crippen LogP contribution in [0, 0.1) is 5.82 Å². The summed E-state index contributed by atoms with van der Waals surface area (Å²) in [5.74, 6) is -1.34. The Kier molecular flexibility index (Phi) is 11.8. The molecule has 0 aliphatic rings. The zero-order valence-electron chi connectivity index (χ0n) is 22.8. The monoisotopic (exact) mass is 569 g/mol. The van der Waals surface area contributed by atoms with Crippen LogP contribution in [0.25, 0.3) is 0 Å². The molecule has 214 valence electrons. The number of ether oxygens (including phenoxy) is 1. The first-order valence-electron chi connectivity index (χ1n) is 13.0. The Balaban J connectivity index is 1.95. The van der Waals surface area contributed by atoms with Gasteiger partial charge in [-0.3, -0.25) is 9.59 Å². The molecular weight excluding hydrogens is 533 g/mol. The van der Waals surface area contributed by atoms with E-state index >= 15 is 0 Å². The lowest BCUT2D eigenvalue weighted by Gasteiger charge is -2.33. The summed E-state index contributed by atoms with van der Waals surface area (Å²) >= 11 is 0. The Labute approximate surface area is 235 Å². The van der Waals surface area contributed by atoms with E-state index in [0.29, 0.717) is 25.1 Å². The highest BCUT2D eigenvalue weighted by molar-refractivity contribution is 7.88. The van der Waals surface area contributed by atoms with E-state index in [0.717, 1.165) is 21.7 Å². The molecule has 3 rings (SSSR count). The first kappa shape index (κ1) is 30.9. The fourth-order valence-electron chi connectivity index (χ4n) is 4.21. The summed E-state index contributed by atoms with van der Waals surface area (Å²) in [6, 6.07) is 23.0. The number of amides is 2. The van der Waals surface area contributed by atoms with Crippen LogP contribution < -0.4 is 5.32 Å². The average molecular weight is 570 g/mol. The molecule has 0 fully saturated rings. The third-order valence-electron chi connectivity index (χ3n) is 6.34. The molecule has 1 N–H and O–H groups in total. The molecule has 0 aliphatic heterocycles. The summed E-state index contributed by atoms with van der Waals surface area (Å²) in [7, 11) is -2.20. The van der Waals surface area contributed by atoms with Gasteiger partial charge in [0.2, 0.25) is 21.8 Å². The summed E-state index contributed by atoms with van der Waals surface area (Å²) in [6.07, 6.45) is 1.85. The van der Waals surface area contributed by atoms with Crippen molar-refractivity contribution < 1.29 is 27.1 Å². The fourth-order valence-corrected chi connectivity index (χ4v) is 4.93. The summed E-state index contributed by atoms with van der Waals surface area (Å²) < 4.78 is 45.2. The molecule has 0 bridgehead atoms. The predicted octanol–water partition coefficient (Wildman–Crippen LogP) is 3.38. The third-order valence-corrected chi connectivity index (χ3v) is 7.54. The first-order valence-corrected chi connectivity index (χ1v) is 14.9. The molecule has 0 saturated carbocycles. The molecule has 0 heterocycles. The minimum Gasteiger partial charge on any atom is -0.385 e. The molecule has 0 aliphatic carbocycles. The number of halogens is 1. The smallest absolute Gasteiger partial charge is 0.243 e. The molecule has 40 heavy (non-hydrogen) atoms. The normalized spacial score (nSPS) is 12.2. The van der Waals surface area contributed by atoms with Crippen molar-refractivity contribution in [2.24, 2.45) is 0 Å². The van der Waals surface area contributed by atoms with Gasteiger partial charge in [-0.15, -0.1) is 0 Å². The highest BCUT2D eigenvalue weighted by atomic mass is 32.2. The second-order valence-corrected chi connectivity index (χ2v) is 11.5. The van der Waals surface area contributed by atoms with E-state index in [1.807, 2.05) is 36.4 Å². The summed E-state index contributed by atoms with van der Waals surface area (Å²) in [5.41, 5.74) is 2.16. The standard InChI is InChI=1S/C30H36FN3O5S/c1-39-19-9-18-32-30(36)28(20-24-10-5-3-6-11-24)34(22-26-14-16-27(31)17-15-26)29(35)23-33(40(2,37)38)21-25-12-7-4-8-13-25/h3-8,10-17,28H,9,18-23H2,1-2H3,(H,32,36)/t28-/m1/s1. The van der Waals surface area contributed by atoms with Crippen molar-refractivity contribution in [1.82, 2.24) is 14.5 Å². The van der Waals surface area contributed by atoms with E-state index in [2.05, 4.69) is 5.32 Å². The molecular formula is C30H36FN3O5S. The van der Waals surface area contributed by atoms with Crippen LogP contribution in [-0.2, 0) is 43.9 Å². The van der Waals surface area contributed by atoms with Gasteiger partial charge in [0.25, 0.3) is 0 Å². The summed E-state index contributed by atoms with van der Waals surface area (Å²) in [6.45, 7) is 0.343. The van der Waals surface area contributed by atoms with Crippen LogP contribution in [0.15, 0.2) is 84.9 Å². The number of rotatable bonds is 15. The van der Waals surface area contributed by atoms with Crippen LogP contribution >= 0.6 is 0 Å². The van der Waals surface area contributed by atoms with Gasteiger partial charge in [0.05, 0.1) is 12.8 Å². The number of carbonyl (C=O) groups excluding carboxylic acids is 2. The van der Waals surface area contributed by atoms with Gasteiger partial charge in [0, 0.05) is 39.8 Å². The molecule has 0 radical (unpaired) electrons. The van der Waals surface area contributed by atoms with Crippen molar-refractivity contribution in [2.75, 3.05) is 33.1 Å². The van der Waals surface area contributed by atoms with E-state index in [4.69, 9.17) is 4.74 Å². The number of nitrogens with zero attached hydrogens (tertiary/aromatic N) is 2. The van der Waals surface area contributed by atoms with Crippen molar-refractivity contribution in [3.05, 3.63) is 107 Å². The molecule has 10 heteroatoms. The van der Waals surface area contributed by atoms with Gasteiger partial charge >= 0.3 is 0 Å². The minimum absolute atomic E-state index is 0.00235. The molecule has 3 aromatic rings. The van der Waals surface area contributed by atoms with Gasteiger partial charge in [-0.2, -0.15) is 4.31 Å². The number of sulfonamides is 1. The van der Waals surface area contributed by atoms with E-state index in [1.54, 1.807) is 43.5 Å². The van der Waals surface area contributed by atoms with Crippen molar-refractivity contribution >= 4 is 21.8 Å². The van der Waals surface area contributed by atoms with Crippen molar-refractivity contribution in [3.8, 4) is 0 Å². The van der Waals surface area contributed by atoms with Crippen LogP contribution in [0.5, 0.6) is 0 Å². The highest BCUT2D eigenvalue weighted by Crippen LogP contribution is 2.17. The van der Waals surface area contributed by atoms with Crippen LogP contribution in [-0.4, -0.2) is 68.5 Å². The zero-order chi connectivity index (χ0) is 29.0. The van der Waals surface area contributed by atoms with E-state index in [-0.39, 0.29) is 25.4 Å². The molecule has 8 nitrogen and oxygen atoms in total. The van der Waals surface area contributed by atoms with Crippen molar-refractivity contribution in [1.29, 1.82) is 0 Å². The fraction of sp³-hybridized carbons (Fsp3) is 0.333. The Bertz CT molecular complexity index is 1320. The lowest BCUT2D eigenvalue weighted by molar-refractivity contribution is -0.141. The van der Waals surface area contributed by atoms with E-state index in [1.165, 1.54) is 17.0 Å². The van der Waals surface area contributed by atoms with Crippen LogP contribution in [0.3, 0.4) is 0 Å². The Hall–Kier alpha value is -3.60. The van der Waals surface area contributed by atoms with E-state index in [9.17, 15) is 22.4 Å². The third kappa shape index (κ3) is 9.86. The van der Waals surface area contributed by atoms with Gasteiger partial charge in [-0.05, 0) is 35.2 Å². The van der Waals surface area contributed by atoms with Gasteiger partial charge in [-0.1, -0.05) is 72.8 Å². The van der Waals surface area contributed by atoms with Gasteiger partial charge in [0.15, 0.2) is 0 Å². The quantitative estimate of drug-likeness (QED) is 0.283. The molecule has 0 saturated heterocycles. The number of methoxy groups -OCH3 is 1. The second-order valence-electron chi connectivity index (χ2n) is 9.51. The lowest BCUT2D eigenvalue weighted by atomic mass is 10.0. The molecule has 0 spiro atoms. The van der Waals surface area contributed by atoms with Crippen molar-refractivity contribution in [3.63, 3.8) is 0 Å². The lowest BCUT2D eigenvalue weighted by Crippen LogP contribution is -2.53. The zero-order valence-corrected chi connectivity index (χ0v) is 23.6. The summed E-state index contributed by atoms with van der Waals surface area (Å²) in [5, 5.41) is 2.89. The van der Waals surface area contributed by atoms with Crippen molar-refractivity contribution in [2.45, 2.75) is 32.0 Å². The number of carbonyl (C=O) groups is 2. The van der Waals surface area contributed by atoms with Crippen LogP contribution in [0.1, 0.15) is 23.1 Å². The number of hydrogen-bond donors (Lipinski definition) is 1. The number of hydrogen-bond acceptors (Lipinski definition) is 5. The maximum absolute atomic E-state index is 13.9. The molecule has 2 amide bonds. The molecule has 1 atom stereocenters. The average Bonchev–Trinajstić information content (AvgIpc) is 2.94. The Morgan fingerprint density at radius 3 is 2.02 bits per heavy atom. The molecule has 0 aromatic heterocycles. The van der Waals surface area contributed by atoms with Crippen LogP contribution in [0.2, 0.25) is 0 Å². The van der Waals surface area contributed by atoms with Gasteiger partial charge in [-0.25, -0.2) is 12.8 Å². The highest BCUT2D eigenvalue weighted by Gasteiger charge is 2.32. The van der Waals surface area contributed by atoms with Gasteiger partial charge < -0.3 is 15.0 Å². The summed E-state index contributed by atoms with van der Waals surface area (Å²) in [4.78, 5) is 28.8. The minimum atomic E-state index is -3.77. The van der Waals surface area contributed by atoms with Gasteiger partial charge in [0.1, 0.15) is 11.9 Å². The maximum Gasteiger partial charge on any atom is 0.243 e. The number of nitrogens with one attached hydrogen (secondary N) is 1. The maximum atomic E-state index is 13.9. The molecule has 3 aromatic carbocycles.